The van der Waals surface area contributed by atoms with Crippen LogP contribution in [0.1, 0.15) is 22.3 Å². The van der Waals surface area contributed by atoms with Crippen LogP contribution in [0.3, 0.4) is 0 Å². The maximum Gasteiger partial charge on any atom is 0.528 e. The lowest BCUT2D eigenvalue weighted by molar-refractivity contribution is -0.139. The first-order chi connectivity index (χ1) is 16.9. The molecule has 0 radical (unpaired) electrons. The number of hydroxylamine groups is 2. The van der Waals surface area contributed by atoms with Gasteiger partial charge in [-0.25, -0.2) is 13.6 Å². The molecule has 0 saturated carbocycles. The highest BCUT2D eigenvalue weighted by Crippen LogP contribution is 2.38. The van der Waals surface area contributed by atoms with Gasteiger partial charge in [0.25, 0.3) is 0 Å². The number of ether oxygens (including phenoxy) is 2. The van der Waals surface area contributed by atoms with E-state index in [1.54, 1.807) is 30.3 Å². The number of fused-ring (bicyclic) bond motifs is 1. The minimum atomic E-state index is -1.03. The molecule has 0 saturated heterocycles. The number of carboxylic acid groups (broad SMARTS) is 1. The normalized spacial score (nSPS) is 13.1. The Morgan fingerprint density at radius 3 is 2.49 bits per heavy atom. The molecule has 7 nitrogen and oxygen atoms in total. The number of aliphatic carboxylic acids is 1. The third-order valence-electron chi connectivity index (χ3n) is 5.69. The van der Waals surface area contributed by atoms with Gasteiger partial charge in [-0.15, -0.1) is 5.06 Å². The van der Waals surface area contributed by atoms with Crippen LogP contribution in [-0.4, -0.2) is 35.9 Å². The van der Waals surface area contributed by atoms with Gasteiger partial charge in [-0.1, -0.05) is 36.4 Å². The number of benzene rings is 3. The van der Waals surface area contributed by atoms with Crippen molar-refractivity contribution >= 4 is 12.1 Å². The van der Waals surface area contributed by atoms with Crippen molar-refractivity contribution in [3.63, 3.8) is 0 Å². The molecule has 9 heteroatoms. The van der Waals surface area contributed by atoms with Crippen LogP contribution < -0.4 is 4.74 Å². The maximum absolute atomic E-state index is 14.7. The van der Waals surface area contributed by atoms with E-state index in [4.69, 9.17) is 19.4 Å². The highest BCUT2D eigenvalue weighted by Gasteiger charge is 2.28. The van der Waals surface area contributed by atoms with Gasteiger partial charge in [-0.05, 0) is 52.4 Å². The van der Waals surface area contributed by atoms with Gasteiger partial charge >= 0.3 is 12.1 Å². The Kier molecular flexibility index (Phi) is 7.26. The molecule has 0 aromatic heterocycles. The van der Waals surface area contributed by atoms with Gasteiger partial charge in [-0.2, -0.15) is 0 Å². The quantitative estimate of drug-likeness (QED) is 0.479. The summed E-state index contributed by atoms with van der Waals surface area (Å²) in [5, 5.41) is 10.5. The van der Waals surface area contributed by atoms with Crippen LogP contribution in [0.5, 0.6) is 5.75 Å². The summed E-state index contributed by atoms with van der Waals surface area (Å²) in [4.78, 5) is 28.7. The molecular weight excluding hydrogens is 460 g/mol. The predicted molar refractivity (Wildman–Crippen MR) is 122 cm³/mol. The van der Waals surface area contributed by atoms with E-state index in [2.05, 4.69) is 0 Å². The summed E-state index contributed by atoms with van der Waals surface area (Å²) >= 11 is 0. The van der Waals surface area contributed by atoms with Gasteiger partial charge < -0.3 is 19.4 Å². The number of hydrogen-bond donors (Lipinski definition) is 1. The topological polar surface area (TPSA) is 85.3 Å². The minimum absolute atomic E-state index is 0.0192. The zero-order chi connectivity index (χ0) is 24.9. The molecule has 4 rings (SSSR count). The fourth-order valence-corrected chi connectivity index (χ4v) is 4.07. The largest absolute Gasteiger partial charge is 0.528 e. The molecule has 1 aliphatic heterocycles. The number of nitrogens with zero attached hydrogens (tertiary/aromatic N) is 1. The highest BCUT2D eigenvalue weighted by atomic mass is 19.2. The molecule has 0 aliphatic carbocycles. The maximum atomic E-state index is 14.7. The van der Waals surface area contributed by atoms with Crippen molar-refractivity contribution in [2.45, 2.75) is 26.0 Å². The fourth-order valence-electron chi connectivity index (χ4n) is 4.07. The first kappa shape index (κ1) is 24.2. The van der Waals surface area contributed by atoms with Gasteiger partial charge in [0.05, 0.1) is 20.1 Å². The lowest BCUT2D eigenvalue weighted by Crippen LogP contribution is -2.34. The second kappa shape index (κ2) is 10.5. The van der Waals surface area contributed by atoms with Gasteiger partial charge in [0.2, 0.25) is 0 Å². The molecule has 182 valence electrons. The average molecular weight is 483 g/mol. The number of carboxylic acids is 1. The Bertz CT molecular complexity index is 1250. The van der Waals surface area contributed by atoms with Crippen molar-refractivity contribution in [2.75, 3.05) is 13.7 Å². The molecule has 1 N–H and O–H groups in total. The Morgan fingerprint density at radius 1 is 1.00 bits per heavy atom. The Labute approximate surface area is 200 Å². The first-order valence-electron chi connectivity index (χ1n) is 10.9. The summed E-state index contributed by atoms with van der Waals surface area (Å²) in [7, 11) is 1.43. The van der Waals surface area contributed by atoms with Crippen LogP contribution in [0.4, 0.5) is 13.6 Å². The zero-order valence-corrected chi connectivity index (χ0v) is 18.9. The molecule has 1 aliphatic rings. The Morgan fingerprint density at radius 2 is 1.77 bits per heavy atom. The average Bonchev–Trinajstić information content (AvgIpc) is 2.85. The van der Waals surface area contributed by atoms with E-state index >= 15 is 0 Å². The van der Waals surface area contributed by atoms with Crippen molar-refractivity contribution in [1.29, 1.82) is 0 Å². The van der Waals surface area contributed by atoms with Crippen molar-refractivity contribution in [1.82, 2.24) is 5.06 Å². The van der Waals surface area contributed by atoms with E-state index in [1.165, 1.54) is 12.2 Å². The van der Waals surface area contributed by atoms with Gasteiger partial charge in [0, 0.05) is 12.1 Å². The smallest absolute Gasteiger partial charge is 0.496 e. The molecule has 0 amide bonds. The van der Waals surface area contributed by atoms with Crippen LogP contribution in [0.25, 0.3) is 11.1 Å². The van der Waals surface area contributed by atoms with Crippen LogP contribution in [0.2, 0.25) is 0 Å². The second-order valence-electron chi connectivity index (χ2n) is 8.01. The molecule has 0 atom stereocenters. The molecule has 1 heterocycles. The van der Waals surface area contributed by atoms with Gasteiger partial charge in [0.15, 0.2) is 11.6 Å². The van der Waals surface area contributed by atoms with Crippen molar-refractivity contribution < 1.29 is 37.8 Å². The van der Waals surface area contributed by atoms with Crippen LogP contribution in [0.15, 0.2) is 54.6 Å². The number of rotatable bonds is 7. The molecule has 0 spiro atoms. The predicted octanol–water partition coefficient (Wildman–Crippen LogP) is 4.89. The van der Waals surface area contributed by atoms with Crippen LogP contribution in [-0.2, 0) is 40.4 Å². The monoisotopic (exact) mass is 483 g/mol. The second-order valence-corrected chi connectivity index (χ2v) is 8.01. The minimum Gasteiger partial charge on any atom is -0.496 e. The molecular formula is C26H23F2NO6. The third-order valence-corrected chi connectivity index (χ3v) is 5.69. The molecule has 0 bridgehead atoms. The lowest BCUT2D eigenvalue weighted by Gasteiger charge is -2.29. The lowest BCUT2D eigenvalue weighted by atomic mass is 9.89. The van der Waals surface area contributed by atoms with Crippen molar-refractivity contribution in [3.8, 4) is 16.9 Å². The Balaban J connectivity index is 1.61. The Hall–Kier alpha value is -3.98. The number of halogens is 2. The SMILES string of the molecule is COc1ccc(CC(=O)O)cc1-c1cc(F)c(F)c2c1CN(OC(=O)OCc1ccccc1)CC2. The van der Waals surface area contributed by atoms with E-state index in [1.807, 2.05) is 18.2 Å². The van der Waals surface area contributed by atoms with E-state index in [9.17, 15) is 18.4 Å². The molecule has 3 aromatic carbocycles. The van der Waals surface area contributed by atoms with E-state index in [0.29, 0.717) is 28.0 Å². The fraction of sp³-hybridized carbons (Fsp3) is 0.231. The number of carbonyl (C=O) groups excluding carboxylic acids is 1. The number of carbonyl (C=O) groups is 2. The molecule has 0 unspecified atom stereocenters. The highest BCUT2D eigenvalue weighted by molar-refractivity contribution is 5.77. The first-order valence-corrected chi connectivity index (χ1v) is 10.9. The number of methoxy groups -OCH3 is 1. The standard InChI is InChI=1S/C26H23F2NO6/c1-33-23-8-7-17(12-24(30)31)11-20(23)19-13-22(27)25(28)18-9-10-29(14-21(18)19)35-26(32)34-15-16-5-3-2-4-6-16/h2-8,11,13H,9-10,12,14-15H2,1H3,(H,30,31). The van der Waals surface area contributed by atoms with Crippen LogP contribution >= 0.6 is 0 Å². The molecule has 0 fully saturated rings. The van der Waals surface area contributed by atoms with E-state index in [0.717, 1.165) is 11.6 Å². The summed E-state index contributed by atoms with van der Waals surface area (Å²) in [6, 6.07) is 14.9. The summed E-state index contributed by atoms with van der Waals surface area (Å²) in [5.74, 6) is -2.65. The summed E-state index contributed by atoms with van der Waals surface area (Å²) < 4.78 is 39.8. The summed E-state index contributed by atoms with van der Waals surface area (Å²) in [6.07, 6.45) is -1.07. The number of hydrogen-bond acceptors (Lipinski definition) is 6. The van der Waals surface area contributed by atoms with Crippen molar-refractivity contribution in [3.05, 3.63) is 88.5 Å². The third kappa shape index (κ3) is 5.58. The zero-order valence-electron chi connectivity index (χ0n) is 18.9. The van der Waals surface area contributed by atoms with Crippen LogP contribution in [0, 0.1) is 11.6 Å². The van der Waals surface area contributed by atoms with Gasteiger partial charge in [-0.3, -0.25) is 4.79 Å². The summed E-state index contributed by atoms with van der Waals surface area (Å²) in [5.41, 5.74) is 2.59. The van der Waals surface area contributed by atoms with Crippen molar-refractivity contribution in [2.24, 2.45) is 0 Å². The van der Waals surface area contributed by atoms with E-state index in [-0.39, 0.29) is 38.1 Å². The molecule has 3 aromatic rings. The van der Waals surface area contributed by atoms with Gasteiger partial charge in [0.1, 0.15) is 12.4 Å². The van der Waals surface area contributed by atoms with E-state index < -0.39 is 23.8 Å². The summed E-state index contributed by atoms with van der Waals surface area (Å²) in [6.45, 7) is 0.154. The molecule has 35 heavy (non-hydrogen) atoms.